The highest BCUT2D eigenvalue weighted by Gasteiger charge is 2.63. The van der Waals surface area contributed by atoms with E-state index in [0.717, 1.165) is 0 Å². The first-order valence-electron chi connectivity index (χ1n) is 7.11. The topological polar surface area (TPSA) is 134 Å². The fourth-order valence-corrected chi connectivity index (χ4v) is 3.15. The van der Waals surface area contributed by atoms with E-state index in [-0.39, 0.29) is 24.3 Å². The minimum atomic E-state index is -1.60. The average molecular weight is 324 g/mol. The third-order valence-electron chi connectivity index (χ3n) is 4.36. The second kappa shape index (κ2) is 5.39. The zero-order valence-corrected chi connectivity index (χ0v) is 12.0. The number of aliphatic hydroxyl groups excluding tert-OH is 2. The van der Waals surface area contributed by atoms with Gasteiger partial charge in [0, 0.05) is 12.3 Å². The Hall–Kier alpha value is -2.32. The van der Waals surface area contributed by atoms with E-state index >= 15 is 0 Å². The van der Waals surface area contributed by atoms with Gasteiger partial charge in [-0.1, -0.05) is 6.07 Å². The number of phenolic OH excluding ortho intramolecular Hbond substituents is 2. The van der Waals surface area contributed by atoms with Gasteiger partial charge in [-0.2, -0.15) is 0 Å². The van der Waals surface area contributed by atoms with E-state index in [0.29, 0.717) is 5.56 Å². The molecule has 124 valence electrons. The van der Waals surface area contributed by atoms with Crippen LogP contribution in [0.4, 0.5) is 0 Å². The molecule has 1 spiro atoms. The van der Waals surface area contributed by atoms with Crippen LogP contribution in [-0.2, 0) is 19.1 Å². The highest BCUT2D eigenvalue weighted by molar-refractivity contribution is 5.90. The molecule has 23 heavy (non-hydrogen) atoms. The molecule has 3 rings (SSSR count). The molecule has 2 saturated heterocycles. The summed E-state index contributed by atoms with van der Waals surface area (Å²) >= 11 is 0. The number of phenols is 2. The average Bonchev–Trinajstić information content (AvgIpc) is 3.02. The van der Waals surface area contributed by atoms with Gasteiger partial charge in [0.05, 0.1) is 13.0 Å². The molecule has 8 heteroatoms. The molecule has 2 aliphatic rings. The third kappa shape index (κ3) is 2.40. The summed E-state index contributed by atoms with van der Waals surface area (Å²) in [5, 5.41) is 37.7. The first-order chi connectivity index (χ1) is 10.9. The van der Waals surface area contributed by atoms with E-state index in [1.807, 2.05) is 0 Å². The fourth-order valence-electron chi connectivity index (χ4n) is 3.15. The number of carbonyl (C=O) groups excluding carboxylic acids is 2. The monoisotopic (exact) mass is 324 g/mol. The summed E-state index contributed by atoms with van der Waals surface area (Å²) in [7, 11) is 0. The lowest BCUT2D eigenvalue weighted by Gasteiger charge is -2.25. The second-order valence-electron chi connectivity index (χ2n) is 5.77. The number of ether oxygens (including phenoxy) is 2. The Bertz CT molecular complexity index is 657. The predicted molar refractivity (Wildman–Crippen MR) is 73.5 cm³/mol. The smallest absolute Gasteiger partial charge is 0.351 e. The van der Waals surface area contributed by atoms with Crippen molar-refractivity contribution < 1.29 is 39.5 Å². The number of cyclic esters (lactones) is 1. The minimum Gasteiger partial charge on any atom is -0.504 e. The van der Waals surface area contributed by atoms with Gasteiger partial charge in [-0.15, -0.1) is 0 Å². The lowest BCUT2D eigenvalue weighted by molar-refractivity contribution is -0.166. The van der Waals surface area contributed by atoms with Crippen LogP contribution in [0.25, 0.3) is 0 Å². The molecule has 2 aliphatic heterocycles. The van der Waals surface area contributed by atoms with E-state index in [1.54, 1.807) is 0 Å². The van der Waals surface area contributed by atoms with Gasteiger partial charge in [0.15, 0.2) is 11.5 Å². The Morgan fingerprint density at radius 1 is 1.26 bits per heavy atom. The zero-order chi connectivity index (χ0) is 16.8. The summed E-state index contributed by atoms with van der Waals surface area (Å²) in [4.78, 5) is 24.1. The standard InChI is InChI=1S/C15H16O8/c16-6-11(19)12-5-15(14(21)22-12)8(4-13(20)23-15)7-1-2-9(17)10(18)3-7/h1-3,8,11-12,16-19H,4-6H2/t8-,11+,12+,15-/m1/s1. The van der Waals surface area contributed by atoms with E-state index in [2.05, 4.69) is 0 Å². The number of rotatable bonds is 3. The molecule has 4 atom stereocenters. The normalized spacial score (nSPS) is 31.2. The van der Waals surface area contributed by atoms with Gasteiger partial charge < -0.3 is 29.9 Å². The molecule has 0 bridgehead atoms. The van der Waals surface area contributed by atoms with Crippen molar-refractivity contribution in [2.24, 2.45) is 0 Å². The molecule has 0 aromatic heterocycles. The molecule has 0 amide bonds. The molecule has 1 aromatic rings. The molecule has 0 aliphatic carbocycles. The molecule has 8 nitrogen and oxygen atoms in total. The van der Waals surface area contributed by atoms with Gasteiger partial charge in [0.2, 0.25) is 5.60 Å². The van der Waals surface area contributed by atoms with Crippen LogP contribution >= 0.6 is 0 Å². The van der Waals surface area contributed by atoms with Gasteiger partial charge in [-0.3, -0.25) is 4.79 Å². The van der Waals surface area contributed by atoms with Crippen molar-refractivity contribution in [3.8, 4) is 11.5 Å². The number of benzene rings is 1. The third-order valence-corrected chi connectivity index (χ3v) is 4.36. The molecule has 0 saturated carbocycles. The number of carbonyl (C=O) groups is 2. The Kier molecular flexibility index (Phi) is 3.65. The van der Waals surface area contributed by atoms with E-state index in [4.69, 9.17) is 14.6 Å². The van der Waals surface area contributed by atoms with Crippen LogP contribution < -0.4 is 0 Å². The summed E-state index contributed by atoms with van der Waals surface area (Å²) in [6.07, 6.45) is -2.44. The summed E-state index contributed by atoms with van der Waals surface area (Å²) in [6, 6.07) is 3.99. The predicted octanol–water partition coefficient (Wildman–Crippen LogP) is -0.464. The van der Waals surface area contributed by atoms with Crippen molar-refractivity contribution in [3.63, 3.8) is 0 Å². The van der Waals surface area contributed by atoms with E-state index in [1.165, 1.54) is 18.2 Å². The molecular formula is C15H16O8. The van der Waals surface area contributed by atoms with Crippen LogP contribution in [0.2, 0.25) is 0 Å². The minimum absolute atomic E-state index is 0.0917. The van der Waals surface area contributed by atoms with Crippen molar-refractivity contribution >= 4 is 11.9 Å². The highest BCUT2D eigenvalue weighted by Crippen LogP contribution is 2.49. The summed E-state index contributed by atoms with van der Waals surface area (Å²) < 4.78 is 10.3. The first-order valence-corrected chi connectivity index (χ1v) is 7.11. The van der Waals surface area contributed by atoms with E-state index < -0.39 is 42.3 Å². The molecular weight excluding hydrogens is 308 g/mol. The van der Waals surface area contributed by atoms with Crippen molar-refractivity contribution in [2.45, 2.75) is 36.6 Å². The summed E-state index contributed by atoms with van der Waals surface area (Å²) in [5.41, 5.74) is -1.16. The molecule has 2 heterocycles. The number of hydrogen-bond acceptors (Lipinski definition) is 8. The van der Waals surface area contributed by atoms with Crippen molar-refractivity contribution in [1.29, 1.82) is 0 Å². The van der Waals surface area contributed by atoms with Crippen LogP contribution in [0.15, 0.2) is 18.2 Å². The molecule has 4 N–H and O–H groups in total. The number of esters is 2. The van der Waals surface area contributed by atoms with Gasteiger partial charge in [-0.25, -0.2) is 4.79 Å². The Labute approximate surface area is 130 Å². The lowest BCUT2D eigenvalue weighted by Crippen LogP contribution is -2.40. The number of aromatic hydroxyl groups is 2. The quantitative estimate of drug-likeness (QED) is 0.433. The Morgan fingerprint density at radius 3 is 2.65 bits per heavy atom. The van der Waals surface area contributed by atoms with Gasteiger partial charge in [0.25, 0.3) is 0 Å². The maximum atomic E-state index is 12.3. The first kappa shape index (κ1) is 15.6. The van der Waals surface area contributed by atoms with Crippen molar-refractivity contribution in [2.75, 3.05) is 6.61 Å². The number of aliphatic hydroxyl groups is 2. The van der Waals surface area contributed by atoms with Gasteiger partial charge in [-0.05, 0) is 17.7 Å². The highest BCUT2D eigenvalue weighted by atomic mass is 16.6. The Balaban J connectivity index is 1.98. The van der Waals surface area contributed by atoms with Crippen LogP contribution in [0.1, 0.15) is 24.3 Å². The van der Waals surface area contributed by atoms with E-state index in [9.17, 15) is 24.9 Å². The molecule has 0 unspecified atom stereocenters. The van der Waals surface area contributed by atoms with Crippen molar-refractivity contribution in [3.05, 3.63) is 23.8 Å². The lowest BCUT2D eigenvalue weighted by atomic mass is 9.79. The zero-order valence-electron chi connectivity index (χ0n) is 12.0. The van der Waals surface area contributed by atoms with Gasteiger partial charge in [0.1, 0.15) is 12.2 Å². The number of hydrogen-bond donors (Lipinski definition) is 4. The molecule has 0 radical (unpaired) electrons. The maximum Gasteiger partial charge on any atom is 0.351 e. The van der Waals surface area contributed by atoms with Crippen LogP contribution in [0.5, 0.6) is 11.5 Å². The largest absolute Gasteiger partial charge is 0.504 e. The van der Waals surface area contributed by atoms with Crippen LogP contribution in [0.3, 0.4) is 0 Å². The summed E-state index contributed by atoms with van der Waals surface area (Å²) in [5.74, 6) is -2.81. The van der Waals surface area contributed by atoms with Crippen LogP contribution in [0, 0.1) is 0 Å². The van der Waals surface area contributed by atoms with Crippen LogP contribution in [-0.4, -0.2) is 56.8 Å². The SMILES string of the molecule is O=C1C[C@H](c2ccc(O)c(O)c2)[C@@]2(C[C@@H]([C@@H](O)CO)OC2=O)O1. The summed E-state index contributed by atoms with van der Waals surface area (Å²) in [6.45, 7) is -0.591. The maximum absolute atomic E-state index is 12.3. The van der Waals surface area contributed by atoms with Crippen molar-refractivity contribution in [1.82, 2.24) is 0 Å². The fraction of sp³-hybridized carbons (Fsp3) is 0.467. The molecule has 1 aromatic carbocycles. The Morgan fingerprint density at radius 2 is 2.00 bits per heavy atom. The molecule has 2 fully saturated rings. The second-order valence-corrected chi connectivity index (χ2v) is 5.77. The van der Waals surface area contributed by atoms with Gasteiger partial charge >= 0.3 is 11.9 Å².